The number of thiazole rings is 1. The van der Waals surface area contributed by atoms with Crippen LogP contribution in [0, 0.1) is 0 Å². The smallest absolute Gasteiger partial charge is 0.243 e. The molecule has 140 valence electrons. The zero-order valence-electron chi connectivity index (χ0n) is 15.4. The molecule has 0 spiro atoms. The number of aromatic nitrogens is 4. The molecule has 0 radical (unpaired) electrons. The Morgan fingerprint density at radius 3 is 2.59 bits per heavy atom. The Morgan fingerprint density at radius 1 is 1.07 bits per heavy atom. The number of methoxy groups -OCH3 is 2. The highest BCUT2D eigenvalue weighted by Crippen LogP contribution is 2.37. The van der Waals surface area contributed by atoms with Gasteiger partial charge in [-0.1, -0.05) is 6.07 Å². The summed E-state index contributed by atoms with van der Waals surface area (Å²) in [6, 6.07) is 5.61. The van der Waals surface area contributed by atoms with Gasteiger partial charge < -0.3 is 14.8 Å². The quantitative estimate of drug-likeness (QED) is 0.697. The monoisotopic (exact) mass is 383 g/mol. The van der Waals surface area contributed by atoms with Gasteiger partial charge in [0.2, 0.25) is 5.95 Å². The maximum Gasteiger partial charge on any atom is 0.243 e. The van der Waals surface area contributed by atoms with Gasteiger partial charge in [-0.2, -0.15) is 5.10 Å². The molecule has 4 rings (SSSR count). The molecule has 0 fully saturated rings. The number of nitrogens with one attached hydrogen (secondary N) is 1. The second kappa shape index (κ2) is 7.87. The Hall–Kier alpha value is -2.74. The summed E-state index contributed by atoms with van der Waals surface area (Å²) in [7, 11) is 3.24. The molecule has 0 saturated carbocycles. The first-order valence-electron chi connectivity index (χ1n) is 8.91. The average Bonchev–Trinajstić information content (AvgIpc) is 3.15. The molecule has 8 heteroatoms. The number of hydrogen-bond donors (Lipinski definition) is 1. The summed E-state index contributed by atoms with van der Waals surface area (Å²) in [5.74, 6) is 1.80. The summed E-state index contributed by atoms with van der Waals surface area (Å²) in [5, 5.41) is 12.5. The van der Waals surface area contributed by atoms with Gasteiger partial charge >= 0.3 is 0 Å². The van der Waals surface area contributed by atoms with E-state index in [1.54, 1.807) is 31.8 Å². The van der Waals surface area contributed by atoms with E-state index < -0.39 is 0 Å². The van der Waals surface area contributed by atoms with Crippen LogP contribution in [0.4, 0.5) is 5.95 Å². The minimum Gasteiger partial charge on any atom is -0.496 e. The Balaban J connectivity index is 1.56. The van der Waals surface area contributed by atoms with E-state index in [0.29, 0.717) is 29.7 Å². The number of ether oxygens (including phenoxy) is 2. The second-order valence-electron chi connectivity index (χ2n) is 6.24. The topological polar surface area (TPSA) is 82.0 Å². The van der Waals surface area contributed by atoms with Gasteiger partial charge in [0.05, 0.1) is 38.2 Å². The molecular weight excluding hydrogens is 362 g/mol. The average molecular weight is 383 g/mol. The van der Waals surface area contributed by atoms with E-state index in [0.717, 1.165) is 23.4 Å². The summed E-state index contributed by atoms with van der Waals surface area (Å²) in [6.07, 6.45) is 6.34. The largest absolute Gasteiger partial charge is 0.496 e. The van der Waals surface area contributed by atoms with Crippen LogP contribution < -0.4 is 14.8 Å². The van der Waals surface area contributed by atoms with Crippen LogP contribution in [0.3, 0.4) is 0 Å². The van der Waals surface area contributed by atoms with E-state index in [1.165, 1.54) is 23.4 Å². The van der Waals surface area contributed by atoms with Crippen LogP contribution in [0.15, 0.2) is 24.4 Å². The third-order valence-electron chi connectivity index (χ3n) is 4.53. The minimum atomic E-state index is 0.452. The molecule has 2 aromatic heterocycles. The highest BCUT2D eigenvalue weighted by Gasteiger charge is 2.17. The summed E-state index contributed by atoms with van der Waals surface area (Å²) in [6.45, 7) is 0.589. The number of anilines is 1. The van der Waals surface area contributed by atoms with Gasteiger partial charge in [0.25, 0.3) is 0 Å². The molecule has 0 unspecified atom stereocenters. The summed E-state index contributed by atoms with van der Waals surface area (Å²) < 4.78 is 10.9. The van der Waals surface area contributed by atoms with E-state index in [-0.39, 0.29) is 0 Å². The Labute approximate surface area is 161 Å². The molecular formula is C19H21N5O2S. The van der Waals surface area contributed by atoms with Gasteiger partial charge in [-0.25, -0.2) is 9.97 Å². The van der Waals surface area contributed by atoms with Gasteiger partial charge in [-0.3, -0.25) is 0 Å². The highest BCUT2D eigenvalue weighted by molar-refractivity contribution is 7.11. The third kappa shape index (κ3) is 3.71. The fourth-order valence-corrected chi connectivity index (χ4v) is 4.33. The Bertz CT molecular complexity index is 898. The van der Waals surface area contributed by atoms with Crippen molar-refractivity contribution in [3.05, 3.63) is 40.0 Å². The van der Waals surface area contributed by atoms with Crippen molar-refractivity contribution in [1.29, 1.82) is 0 Å². The molecule has 0 atom stereocenters. The third-order valence-corrected chi connectivity index (χ3v) is 5.69. The molecule has 0 aliphatic heterocycles. The fourth-order valence-electron chi connectivity index (χ4n) is 3.24. The fraction of sp³-hybridized carbons (Fsp3) is 0.368. The first-order chi connectivity index (χ1) is 13.3. The van der Waals surface area contributed by atoms with E-state index in [4.69, 9.17) is 14.5 Å². The molecule has 7 nitrogen and oxygen atoms in total. The van der Waals surface area contributed by atoms with Crippen LogP contribution in [0.2, 0.25) is 0 Å². The van der Waals surface area contributed by atoms with Crippen molar-refractivity contribution >= 4 is 17.3 Å². The van der Waals surface area contributed by atoms with E-state index >= 15 is 0 Å². The van der Waals surface area contributed by atoms with Crippen LogP contribution in [-0.2, 0) is 19.4 Å². The van der Waals surface area contributed by atoms with Gasteiger partial charge in [-0.15, -0.1) is 16.4 Å². The molecule has 1 aromatic carbocycles. The second-order valence-corrected chi connectivity index (χ2v) is 7.41. The molecule has 0 amide bonds. The first kappa shape index (κ1) is 17.7. The van der Waals surface area contributed by atoms with Gasteiger partial charge in [0, 0.05) is 4.88 Å². The first-order valence-corrected chi connectivity index (χ1v) is 9.72. The lowest BCUT2D eigenvalue weighted by Crippen LogP contribution is -2.06. The molecule has 1 aliphatic carbocycles. The zero-order chi connectivity index (χ0) is 18.6. The number of benzene rings is 1. The van der Waals surface area contributed by atoms with Crippen molar-refractivity contribution in [2.24, 2.45) is 0 Å². The van der Waals surface area contributed by atoms with E-state index in [9.17, 15) is 0 Å². The van der Waals surface area contributed by atoms with Crippen molar-refractivity contribution in [2.45, 2.75) is 32.2 Å². The number of nitrogens with zero attached hydrogens (tertiary/aromatic N) is 4. The number of rotatable bonds is 6. The van der Waals surface area contributed by atoms with Crippen molar-refractivity contribution in [2.75, 3.05) is 19.5 Å². The van der Waals surface area contributed by atoms with E-state index in [1.807, 2.05) is 18.2 Å². The summed E-state index contributed by atoms with van der Waals surface area (Å²) >= 11 is 1.78. The van der Waals surface area contributed by atoms with Crippen LogP contribution in [-0.4, -0.2) is 34.4 Å². The van der Waals surface area contributed by atoms with Crippen molar-refractivity contribution in [3.8, 4) is 22.8 Å². The predicted molar refractivity (Wildman–Crippen MR) is 104 cm³/mol. The van der Waals surface area contributed by atoms with Crippen LogP contribution in [0.25, 0.3) is 11.3 Å². The molecule has 0 bridgehead atoms. The molecule has 2 heterocycles. The molecule has 1 aliphatic rings. The van der Waals surface area contributed by atoms with Crippen molar-refractivity contribution in [1.82, 2.24) is 20.2 Å². The van der Waals surface area contributed by atoms with Gasteiger partial charge in [0.1, 0.15) is 22.2 Å². The number of fused-ring (bicyclic) bond motifs is 1. The lowest BCUT2D eigenvalue weighted by Gasteiger charge is -2.12. The molecule has 27 heavy (non-hydrogen) atoms. The molecule has 0 saturated heterocycles. The molecule has 3 aromatic rings. The Kier molecular flexibility index (Phi) is 5.15. The van der Waals surface area contributed by atoms with Gasteiger partial charge in [-0.05, 0) is 37.8 Å². The maximum atomic E-state index is 5.46. The Morgan fingerprint density at radius 2 is 1.85 bits per heavy atom. The zero-order valence-corrected chi connectivity index (χ0v) is 16.2. The van der Waals surface area contributed by atoms with Crippen molar-refractivity contribution < 1.29 is 9.47 Å². The number of aryl methyl sites for hydroxylation is 2. The van der Waals surface area contributed by atoms with Crippen LogP contribution >= 0.6 is 11.3 Å². The van der Waals surface area contributed by atoms with E-state index in [2.05, 4.69) is 20.5 Å². The van der Waals surface area contributed by atoms with Crippen molar-refractivity contribution in [3.63, 3.8) is 0 Å². The predicted octanol–water partition coefficient (Wildman–Crippen LogP) is 3.50. The highest BCUT2D eigenvalue weighted by atomic mass is 32.1. The lowest BCUT2D eigenvalue weighted by atomic mass is 10.0. The lowest BCUT2D eigenvalue weighted by molar-refractivity contribution is 0.397. The SMILES string of the molecule is COc1cccc(OC)c1-c1cnnc(NCc2nc3c(s2)CCCC3)n1. The number of hydrogen-bond acceptors (Lipinski definition) is 8. The maximum absolute atomic E-state index is 5.46. The molecule has 1 N–H and O–H groups in total. The summed E-state index contributed by atoms with van der Waals surface area (Å²) in [4.78, 5) is 10.8. The normalized spacial score (nSPS) is 13.1. The standard InChI is InChI=1S/C19H21N5O2S/c1-25-14-7-5-8-15(26-2)18(14)13-10-21-24-19(23-13)20-11-17-22-12-6-3-4-9-16(12)27-17/h5,7-8,10H,3-4,6,9,11H2,1-2H3,(H,20,23,24). The minimum absolute atomic E-state index is 0.452. The van der Waals surface area contributed by atoms with Crippen LogP contribution in [0.5, 0.6) is 11.5 Å². The summed E-state index contributed by atoms with van der Waals surface area (Å²) in [5.41, 5.74) is 2.65. The van der Waals surface area contributed by atoms with Gasteiger partial charge in [0.15, 0.2) is 0 Å². The van der Waals surface area contributed by atoms with Crippen LogP contribution in [0.1, 0.15) is 28.4 Å².